The molecule has 1 unspecified atom stereocenters. The van der Waals surface area contributed by atoms with Gasteiger partial charge in [-0.1, -0.05) is 12.1 Å². The molecule has 1 atom stereocenters. The molecule has 0 aromatic heterocycles. The number of hydrogen-bond acceptors (Lipinski definition) is 18. The number of carbonyl (C=O) groups excluding carboxylic acids is 6. The highest BCUT2D eigenvalue weighted by atomic mass is 16.6. The van der Waals surface area contributed by atoms with Crippen molar-refractivity contribution in [3.8, 4) is 0 Å². The monoisotopic (exact) mass is 754 g/mol. The van der Waals surface area contributed by atoms with E-state index in [-0.39, 0.29) is 16.4 Å². The van der Waals surface area contributed by atoms with E-state index in [1.807, 2.05) is 0 Å². The lowest BCUT2D eigenvalue weighted by Crippen LogP contribution is -2.53. The van der Waals surface area contributed by atoms with Gasteiger partial charge in [-0.2, -0.15) is 5.01 Å². The van der Waals surface area contributed by atoms with Crippen molar-refractivity contribution in [2.24, 2.45) is 39.5 Å². The van der Waals surface area contributed by atoms with Gasteiger partial charge in [-0.15, -0.1) is 5.10 Å². The number of alkyl carbamates (subject to hydrolysis) is 3. The van der Waals surface area contributed by atoms with Crippen LogP contribution < -0.4 is 60.7 Å². The van der Waals surface area contributed by atoms with Gasteiger partial charge in [0.1, 0.15) is 0 Å². The highest BCUT2D eigenvalue weighted by Crippen LogP contribution is 2.27. The van der Waals surface area contributed by atoms with Crippen molar-refractivity contribution >= 4 is 84.1 Å². The number of nitrogens with zero attached hydrogens (tertiary/aromatic N) is 3. The Morgan fingerprint density at radius 1 is 0.660 bits per heavy atom. The Bertz CT molecular complexity index is 1650. The normalized spacial score (nSPS) is 10.8. The first kappa shape index (κ1) is 42.7. The first-order valence-electron chi connectivity index (χ1n) is 13.8. The van der Waals surface area contributed by atoms with E-state index in [1.165, 1.54) is 18.2 Å². The van der Waals surface area contributed by atoms with Crippen LogP contribution in [0, 0.1) is 27.0 Å². The summed E-state index contributed by atoms with van der Waals surface area (Å²) in [5.74, 6) is 0. The smallest absolute Gasteiger partial charge is 0.377 e. The molecule has 30 nitrogen and oxygen atoms in total. The van der Waals surface area contributed by atoms with Crippen LogP contribution in [0.25, 0.3) is 0 Å². The highest BCUT2D eigenvalue weighted by molar-refractivity contribution is 6.02. The number of amides is 6. The number of nitrogens with two attached hydrogens (primary N) is 6. The van der Waals surface area contributed by atoms with Crippen LogP contribution in [-0.2, 0) is 28.4 Å². The second-order valence-electron chi connectivity index (χ2n) is 9.10. The molecule has 0 aliphatic rings. The van der Waals surface area contributed by atoms with Gasteiger partial charge in [-0.3, -0.25) is 32.4 Å². The summed E-state index contributed by atoms with van der Waals surface area (Å²) in [5, 5.41) is 48.1. The number of rotatable bonds is 11. The molecule has 1 rings (SSSR count). The Kier molecular flexibility index (Phi) is 16.8. The number of para-hydroxylation sites is 2. The summed E-state index contributed by atoms with van der Waals surface area (Å²) in [6.45, 7) is -2.25. The molecule has 0 heterocycles. The third-order valence-corrected chi connectivity index (χ3v) is 5.11. The maximum atomic E-state index is 13.4. The maximum absolute atomic E-state index is 13.4. The minimum absolute atomic E-state index is 0.255. The zero-order valence-corrected chi connectivity index (χ0v) is 26.9. The van der Waals surface area contributed by atoms with Crippen molar-refractivity contribution in [1.29, 1.82) is 27.0 Å². The van der Waals surface area contributed by atoms with Gasteiger partial charge in [0.05, 0.1) is 17.4 Å². The Morgan fingerprint density at radius 2 is 1.17 bits per heavy atom. The van der Waals surface area contributed by atoms with Gasteiger partial charge in [-0.05, 0) is 12.1 Å². The summed E-state index contributed by atoms with van der Waals surface area (Å²) in [4.78, 5) is 75.0. The molecule has 0 fully saturated rings. The number of benzene rings is 1. The second-order valence-corrected chi connectivity index (χ2v) is 9.10. The molecule has 53 heavy (non-hydrogen) atoms. The number of ether oxygens (including phenoxy) is 6. The van der Waals surface area contributed by atoms with Gasteiger partial charge in [0, 0.05) is 26.2 Å². The van der Waals surface area contributed by atoms with Crippen molar-refractivity contribution in [2.45, 2.75) is 6.04 Å². The standard InChI is InChI=1S/C23H34N18O12/c24-12(25)48-18(42)35-5-6-40(8-9(37-20(44)50-14(28)29)7-36-19(43)49-13(26)27)22(46)53-17(34)39-41(23(47)52-16(32)33)11-4-2-1-3-10(11)38-21(45)51-15(30)31/h1-4,9H,5-8H2,(H3,24,25)(H3,26,27)(H3,28,29)(H3,30,31)(H3,32,33)(H2,34,39)(H,35,42)(H,36,43)(H,37,44)(H,38,45). The van der Waals surface area contributed by atoms with Crippen molar-refractivity contribution in [3.05, 3.63) is 24.3 Å². The van der Waals surface area contributed by atoms with E-state index >= 15 is 0 Å². The van der Waals surface area contributed by atoms with E-state index in [4.69, 9.17) is 66.2 Å². The van der Waals surface area contributed by atoms with Crippen molar-refractivity contribution in [2.75, 3.05) is 36.5 Å². The van der Waals surface area contributed by atoms with Crippen molar-refractivity contribution in [1.82, 2.24) is 20.9 Å². The predicted octanol–water partition coefficient (Wildman–Crippen LogP) is -3.14. The van der Waals surface area contributed by atoms with E-state index in [0.29, 0.717) is 0 Å². The molecule has 288 valence electrons. The number of nitrogens with one attached hydrogen (secondary N) is 9. The predicted molar refractivity (Wildman–Crippen MR) is 177 cm³/mol. The summed E-state index contributed by atoms with van der Waals surface area (Å²) in [6, 6.07) is -2.56. The SMILES string of the molecule is N=C(N)OC(=O)NCCN(CC(CNC(=O)OC(=N)N)NC(=O)OC(=N)N)C(=O)OC(N)=NN(C(=O)OC(=N)N)c1ccccc1NC(=O)OC(=N)N. The number of hydrogen-bond donors (Lipinski definition) is 15. The van der Waals surface area contributed by atoms with Crippen LogP contribution in [0.1, 0.15) is 0 Å². The van der Waals surface area contributed by atoms with Gasteiger partial charge in [-0.25, -0.2) is 28.8 Å². The van der Waals surface area contributed by atoms with Crippen LogP contribution in [-0.4, -0.2) is 110 Å². The van der Waals surface area contributed by atoms with E-state index < -0.39 is 105 Å². The van der Waals surface area contributed by atoms with E-state index in [0.717, 1.165) is 11.0 Å². The Labute approximate surface area is 295 Å². The fourth-order valence-electron chi connectivity index (χ4n) is 3.35. The molecule has 0 spiro atoms. The van der Waals surface area contributed by atoms with E-state index in [9.17, 15) is 28.8 Å². The summed E-state index contributed by atoms with van der Waals surface area (Å²) in [6.07, 6.45) is -8.09. The molecular weight excluding hydrogens is 720 g/mol. The van der Waals surface area contributed by atoms with Gasteiger partial charge < -0.3 is 83.7 Å². The zero-order chi connectivity index (χ0) is 40.2. The van der Waals surface area contributed by atoms with Crippen LogP contribution >= 0.6 is 0 Å². The lowest BCUT2D eigenvalue weighted by molar-refractivity contribution is 0.138. The molecule has 1 aromatic rings. The summed E-state index contributed by atoms with van der Waals surface area (Å²) in [7, 11) is 0. The summed E-state index contributed by atoms with van der Waals surface area (Å²) < 4.78 is 27.1. The third kappa shape index (κ3) is 17.6. The lowest BCUT2D eigenvalue weighted by atomic mass is 10.2. The van der Waals surface area contributed by atoms with Gasteiger partial charge in [0.25, 0.3) is 30.1 Å². The molecule has 21 N–H and O–H groups in total. The van der Waals surface area contributed by atoms with Gasteiger partial charge in [0.15, 0.2) is 0 Å². The molecule has 1 aromatic carbocycles. The largest absolute Gasteiger partial charge is 0.443 e. The number of carbonyl (C=O) groups is 6. The Morgan fingerprint density at radius 3 is 1.74 bits per heavy atom. The maximum Gasteiger partial charge on any atom is 0.443 e. The van der Waals surface area contributed by atoms with Crippen molar-refractivity contribution < 1.29 is 57.2 Å². The minimum atomic E-state index is -1.53. The number of hydrazone groups is 1. The van der Waals surface area contributed by atoms with Crippen LogP contribution in [0.5, 0.6) is 0 Å². The summed E-state index contributed by atoms with van der Waals surface area (Å²) >= 11 is 0. The molecule has 30 heteroatoms. The molecule has 0 saturated heterocycles. The quantitative estimate of drug-likeness (QED) is 0.0459. The van der Waals surface area contributed by atoms with Crippen LogP contribution in [0.15, 0.2) is 29.4 Å². The lowest BCUT2D eigenvalue weighted by Gasteiger charge is -2.27. The zero-order valence-electron chi connectivity index (χ0n) is 26.9. The van der Waals surface area contributed by atoms with E-state index in [2.05, 4.69) is 50.1 Å². The fraction of sp³-hybridized carbons (Fsp3) is 0.217. The molecule has 0 bridgehead atoms. The molecule has 0 radical (unpaired) electrons. The Balaban J connectivity index is 3.50. The van der Waals surface area contributed by atoms with Crippen LogP contribution in [0.3, 0.4) is 0 Å². The highest BCUT2D eigenvalue weighted by Gasteiger charge is 2.27. The topological polar surface area (TPSA) is 500 Å². The fourth-order valence-corrected chi connectivity index (χ4v) is 3.35. The molecule has 0 aliphatic carbocycles. The molecule has 6 amide bonds. The Hall–Kier alpha value is -8.34. The average Bonchev–Trinajstić information content (AvgIpc) is 3.00. The third-order valence-electron chi connectivity index (χ3n) is 5.11. The van der Waals surface area contributed by atoms with E-state index in [1.54, 1.807) is 0 Å². The second kappa shape index (κ2) is 20.9. The molecular formula is C23H34N18O12. The summed E-state index contributed by atoms with van der Waals surface area (Å²) in [5.41, 5.74) is 30.4. The first-order valence-corrected chi connectivity index (χ1v) is 13.8. The molecule has 0 saturated carbocycles. The van der Waals surface area contributed by atoms with Gasteiger partial charge >= 0.3 is 42.6 Å². The van der Waals surface area contributed by atoms with Gasteiger partial charge in [0.2, 0.25) is 0 Å². The van der Waals surface area contributed by atoms with Crippen molar-refractivity contribution in [3.63, 3.8) is 0 Å². The number of amidine groups is 6. The minimum Gasteiger partial charge on any atom is -0.377 e. The van der Waals surface area contributed by atoms with Crippen LogP contribution in [0.2, 0.25) is 0 Å². The number of anilines is 2. The molecule has 0 aliphatic heterocycles. The average molecular weight is 755 g/mol. The van der Waals surface area contributed by atoms with Crippen LogP contribution in [0.4, 0.5) is 40.1 Å². The first-order chi connectivity index (χ1) is 24.8.